The number of carbonyl (C=O) groups is 1. The smallest absolute Gasteiger partial charge is 0.344 e. The lowest BCUT2D eigenvalue weighted by molar-refractivity contribution is -0.147. The molecule has 1 aliphatic rings. The fourth-order valence-electron chi connectivity index (χ4n) is 2.84. The van der Waals surface area contributed by atoms with Crippen LogP contribution >= 0.6 is 0 Å². The third-order valence-electron chi connectivity index (χ3n) is 4.36. The maximum atomic E-state index is 12.8. The van der Waals surface area contributed by atoms with Crippen LogP contribution in [0.15, 0.2) is 30.3 Å². The Bertz CT molecular complexity index is 528. The molecule has 7 heteroatoms. The summed E-state index contributed by atoms with van der Waals surface area (Å²) in [7, 11) is 3.46. The lowest BCUT2D eigenvalue weighted by Gasteiger charge is -2.38. The summed E-state index contributed by atoms with van der Waals surface area (Å²) in [6, 6.07) is 8.75. The highest BCUT2D eigenvalue weighted by atomic mass is 19.4. The summed E-state index contributed by atoms with van der Waals surface area (Å²) in [6.45, 7) is 2.79. The van der Waals surface area contributed by atoms with Gasteiger partial charge in [-0.3, -0.25) is 9.69 Å². The monoisotopic (exact) mass is 343 g/mol. The van der Waals surface area contributed by atoms with Gasteiger partial charge >= 0.3 is 6.18 Å². The molecule has 0 saturated carbocycles. The van der Waals surface area contributed by atoms with Gasteiger partial charge in [-0.25, -0.2) is 0 Å². The van der Waals surface area contributed by atoms with E-state index in [9.17, 15) is 18.0 Å². The van der Waals surface area contributed by atoms with E-state index in [0.29, 0.717) is 0 Å². The Balaban J connectivity index is 2.14. The lowest BCUT2D eigenvalue weighted by atomic mass is 10.0. The molecule has 0 aromatic heterocycles. The minimum Gasteiger partial charge on any atom is -0.344 e. The number of halogens is 3. The van der Waals surface area contributed by atoms with Crippen LogP contribution in [0, 0.1) is 0 Å². The van der Waals surface area contributed by atoms with E-state index >= 15 is 0 Å². The van der Waals surface area contributed by atoms with Crippen LogP contribution in [0.1, 0.15) is 18.0 Å². The van der Waals surface area contributed by atoms with Crippen molar-refractivity contribution in [3.05, 3.63) is 35.9 Å². The maximum absolute atomic E-state index is 12.8. The molecule has 0 N–H and O–H groups in total. The fourth-order valence-corrected chi connectivity index (χ4v) is 2.84. The molecule has 1 fully saturated rings. The first-order chi connectivity index (χ1) is 11.3. The molecular weight excluding hydrogens is 319 g/mol. The summed E-state index contributed by atoms with van der Waals surface area (Å²) in [6.07, 6.45) is -5.25. The summed E-state index contributed by atoms with van der Waals surface area (Å²) in [5.41, 5.74) is 0.825. The number of rotatable bonds is 5. The van der Waals surface area contributed by atoms with Crippen molar-refractivity contribution in [1.29, 1.82) is 0 Å². The largest absolute Gasteiger partial charge is 0.390 e. The van der Waals surface area contributed by atoms with E-state index in [0.717, 1.165) is 31.7 Å². The summed E-state index contributed by atoms with van der Waals surface area (Å²) < 4.78 is 37.3. The van der Waals surface area contributed by atoms with Crippen LogP contribution in [0.2, 0.25) is 0 Å². The van der Waals surface area contributed by atoms with E-state index in [1.165, 1.54) is 11.9 Å². The van der Waals surface area contributed by atoms with Crippen LogP contribution < -0.4 is 0 Å². The van der Waals surface area contributed by atoms with E-state index in [2.05, 4.69) is 9.80 Å². The number of nitrogens with zero attached hydrogens (tertiary/aromatic N) is 3. The molecule has 0 aliphatic carbocycles. The van der Waals surface area contributed by atoms with E-state index < -0.39 is 18.6 Å². The molecule has 1 aromatic rings. The Morgan fingerprint density at radius 2 is 1.75 bits per heavy atom. The Hall–Kier alpha value is -1.60. The molecule has 1 unspecified atom stereocenters. The van der Waals surface area contributed by atoms with Crippen molar-refractivity contribution in [1.82, 2.24) is 14.7 Å². The van der Waals surface area contributed by atoms with Crippen molar-refractivity contribution in [3.63, 3.8) is 0 Å². The summed E-state index contributed by atoms with van der Waals surface area (Å²) >= 11 is 0. The van der Waals surface area contributed by atoms with Crippen LogP contribution in [0.25, 0.3) is 0 Å². The SMILES string of the molecule is CN1CCN(C(C(=O)N(C)CCC(F)(F)F)c2ccccc2)CC1. The van der Waals surface area contributed by atoms with Crippen LogP contribution in [0.4, 0.5) is 13.2 Å². The van der Waals surface area contributed by atoms with Crippen LogP contribution in [-0.4, -0.2) is 73.6 Å². The topological polar surface area (TPSA) is 26.8 Å². The first-order valence-electron chi connectivity index (χ1n) is 8.07. The molecule has 134 valence electrons. The van der Waals surface area contributed by atoms with Crippen molar-refractivity contribution in [2.75, 3.05) is 46.8 Å². The van der Waals surface area contributed by atoms with Gasteiger partial charge in [0, 0.05) is 39.8 Å². The minimum atomic E-state index is -4.26. The van der Waals surface area contributed by atoms with Crippen molar-refractivity contribution < 1.29 is 18.0 Å². The number of hydrogen-bond donors (Lipinski definition) is 0. The van der Waals surface area contributed by atoms with Crippen LogP contribution in [0.5, 0.6) is 0 Å². The van der Waals surface area contributed by atoms with Gasteiger partial charge < -0.3 is 9.80 Å². The molecule has 24 heavy (non-hydrogen) atoms. The lowest BCUT2D eigenvalue weighted by Crippen LogP contribution is -2.50. The van der Waals surface area contributed by atoms with Crippen molar-refractivity contribution in [2.24, 2.45) is 0 Å². The Kier molecular flexibility index (Phi) is 6.23. The number of alkyl halides is 3. The first-order valence-corrected chi connectivity index (χ1v) is 8.07. The number of carbonyl (C=O) groups excluding carboxylic acids is 1. The van der Waals surface area contributed by atoms with Gasteiger partial charge in [0.1, 0.15) is 6.04 Å². The molecule has 0 radical (unpaired) electrons. The molecule has 1 saturated heterocycles. The number of amides is 1. The van der Waals surface area contributed by atoms with Gasteiger partial charge in [0.15, 0.2) is 0 Å². The van der Waals surface area contributed by atoms with Crippen molar-refractivity contribution in [3.8, 4) is 0 Å². The van der Waals surface area contributed by atoms with Gasteiger partial charge in [-0.1, -0.05) is 30.3 Å². The maximum Gasteiger partial charge on any atom is 0.390 e. The van der Waals surface area contributed by atoms with E-state index in [1.54, 1.807) is 0 Å². The van der Waals surface area contributed by atoms with Gasteiger partial charge in [0.2, 0.25) is 5.91 Å². The normalized spacial score (nSPS) is 18.4. The second-order valence-corrected chi connectivity index (χ2v) is 6.28. The second kappa shape index (κ2) is 7.98. The highest BCUT2D eigenvalue weighted by Crippen LogP contribution is 2.25. The predicted molar refractivity (Wildman–Crippen MR) is 86.6 cm³/mol. The molecule has 0 spiro atoms. The zero-order valence-electron chi connectivity index (χ0n) is 14.1. The van der Waals surface area contributed by atoms with E-state index in [-0.39, 0.29) is 12.5 Å². The van der Waals surface area contributed by atoms with Gasteiger partial charge in [-0.2, -0.15) is 13.2 Å². The molecule has 0 bridgehead atoms. The van der Waals surface area contributed by atoms with Crippen LogP contribution in [0.3, 0.4) is 0 Å². The highest BCUT2D eigenvalue weighted by Gasteiger charge is 2.33. The van der Waals surface area contributed by atoms with Crippen molar-refractivity contribution >= 4 is 5.91 Å². The van der Waals surface area contributed by atoms with Gasteiger partial charge in [0.05, 0.1) is 6.42 Å². The molecule has 1 aromatic carbocycles. The molecule has 1 amide bonds. The average molecular weight is 343 g/mol. The first kappa shape index (κ1) is 18.7. The third-order valence-corrected chi connectivity index (χ3v) is 4.36. The van der Waals surface area contributed by atoms with E-state index in [1.807, 2.05) is 37.4 Å². The number of hydrogen-bond acceptors (Lipinski definition) is 3. The predicted octanol–water partition coefficient (Wildman–Crippen LogP) is 2.39. The molecule has 1 atom stereocenters. The highest BCUT2D eigenvalue weighted by molar-refractivity contribution is 5.83. The van der Waals surface area contributed by atoms with Crippen molar-refractivity contribution in [2.45, 2.75) is 18.6 Å². The quantitative estimate of drug-likeness (QED) is 0.821. The van der Waals surface area contributed by atoms with Crippen LogP contribution in [-0.2, 0) is 4.79 Å². The average Bonchev–Trinajstić information content (AvgIpc) is 2.55. The second-order valence-electron chi connectivity index (χ2n) is 6.28. The van der Waals surface area contributed by atoms with Gasteiger partial charge in [0.25, 0.3) is 0 Å². The van der Waals surface area contributed by atoms with Gasteiger partial charge in [-0.15, -0.1) is 0 Å². The summed E-state index contributed by atoms with van der Waals surface area (Å²) in [5, 5.41) is 0. The minimum absolute atomic E-state index is 0.282. The molecule has 4 nitrogen and oxygen atoms in total. The molecule has 1 heterocycles. The fraction of sp³-hybridized carbons (Fsp3) is 0.588. The number of piperazine rings is 1. The molecular formula is C17H24F3N3O. The zero-order valence-corrected chi connectivity index (χ0v) is 14.1. The van der Waals surface area contributed by atoms with E-state index in [4.69, 9.17) is 0 Å². The molecule has 1 aliphatic heterocycles. The number of benzene rings is 1. The number of likely N-dealkylation sites (N-methyl/N-ethyl adjacent to an activating group) is 2. The van der Waals surface area contributed by atoms with Gasteiger partial charge in [-0.05, 0) is 12.6 Å². The summed E-state index contributed by atoms with van der Waals surface area (Å²) in [4.78, 5) is 18.3. The molecule has 2 rings (SSSR count). The zero-order chi connectivity index (χ0) is 17.7. The Morgan fingerprint density at radius 1 is 1.17 bits per heavy atom. The Labute approximate surface area is 140 Å². The Morgan fingerprint density at radius 3 is 2.29 bits per heavy atom. The summed E-state index contributed by atoms with van der Waals surface area (Å²) in [5.74, 6) is -0.282. The third kappa shape index (κ3) is 5.21. The standard InChI is InChI=1S/C17H24F3N3O/c1-21-10-12-23(13-11-21)15(14-6-4-3-5-7-14)16(24)22(2)9-8-17(18,19)20/h3-7,15H,8-13H2,1-2H3.